The standard InChI is InChI=1S/C19H19N5O3/c1-27-18(25)9-14-8-15(22-19(14)26)11-21-17-7-6-16(23-24-17)13-4-2-12(10-20)3-5-13/h2-7,14-15H,8-9,11H2,1H3,(H,21,24)(H,22,26)/t14-,15-/m0/s1. The summed E-state index contributed by atoms with van der Waals surface area (Å²) < 4.78 is 4.62. The monoisotopic (exact) mass is 365 g/mol. The lowest BCUT2D eigenvalue weighted by Gasteiger charge is -2.11. The van der Waals surface area contributed by atoms with Crippen molar-refractivity contribution in [2.45, 2.75) is 18.9 Å². The van der Waals surface area contributed by atoms with Gasteiger partial charge in [0, 0.05) is 18.2 Å². The third-order valence-electron chi connectivity index (χ3n) is 4.43. The van der Waals surface area contributed by atoms with Crippen LogP contribution in [0.2, 0.25) is 0 Å². The van der Waals surface area contributed by atoms with Crippen LogP contribution in [0.5, 0.6) is 0 Å². The van der Waals surface area contributed by atoms with Gasteiger partial charge in [-0.1, -0.05) is 12.1 Å². The molecule has 0 aliphatic carbocycles. The van der Waals surface area contributed by atoms with Crippen molar-refractivity contribution < 1.29 is 14.3 Å². The fourth-order valence-corrected chi connectivity index (χ4v) is 2.95. The number of anilines is 1. The van der Waals surface area contributed by atoms with Crippen molar-refractivity contribution in [1.82, 2.24) is 15.5 Å². The summed E-state index contributed by atoms with van der Waals surface area (Å²) in [5.41, 5.74) is 2.17. The molecule has 1 aromatic carbocycles. The maximum absolute atomic E-state index is 11.9. The molecule has 3 rings (SSSR count). The Morgan fingerprint density at radius 2 is 2.07 bits per heavy atom. The molecule has 138 valence electrons. The van der Waals surface area contributed by atoms with E-state index in [2.05, 4.69) is 31.6 Å². The van der Waals surface area contributed by atoms with Gasteiger partial charge < -0.3 is 15.4 Å². The molecule has 2 heterocycles. The van der Waals surface area contributed by atoms with E-state index in [4.69, 9.17) is 5.26 Å². The molecule has 8 heteroatoms. The van der Waals surface area contributed by atoms with E-state index in [1.807, 2.05) is 24.3 Å². The van der Waals surface area contributed by atoms with Crippen LogP contribution in [-0.2, 0) is 14.3 Å². The minimum Gasteiger partial charge on any atom is -0.469 e. The number of hydrogen-bond acceptors (Lipinski definition) is 7. The highest BCUT2D eigenvalue weighted by Gasteiger charge is 2.33. The predicted molar refractivity (Wildman–Crippen MR) is 97.3 cm³/mol. The largest absolute Gasteiger partial charge is 0.469 e. The maximum atomic E-state index is 11.9. The number of rotatable bonds is 6. The van der Waals surface area contributed by atoms with E-state index in [0.717, 1.165) is 5.56 Å². The second-order valence-corrected chi connectivity index (χ2v) is 6.29. The molecule has 0 unspecified atom stereocenters. The number of aromatic nitrogens is 2. The van der Waals surface area contributed by atoms with Crippen LogP contribution in [0.1, 0.15) is 18.4 Å². The third kappa shape index (κ3) is 4.58. The second-order valence-electron chi connectivity index (χ2n) is 6.29. The molecule has 1 amide bonds. The SMILES string of the molecule is COC(=O)C[C@@H]1C[C@@H](CNc2ccc(-c3ccc(C#N)cc3)nn2)NC1=O. The van der Waals surface area contributed by atoms with Crippen molar-refractivity contribution in [2.75, 3.05) is 19.0 Å². The number of hydrogen-bond donors (Lipinski definition) is 2. The first-order valence-electron chi connectivity index (χ1n) is 8.54. The Hall–Kier alpha value is -3.47. The number of methoxy groups -OCH3 is 1. The first kappa shape index (κ1) is 18.3. The zero-order valence-corrected chi connectivity index (χ0v) is 14.8. The topological polar surface area (TPSA) is 117 Å². The average Bonchev–Trinajstić information content (AvgIpc) is 3.06. The van der Waals surface area contributed by atoms with Gasteiger partial charge in [0.15, 0.2) is 0 Å². The lowest BCUT2D eigenvalue weighted by atomic mass is 10.0. The van der Waals surface area contributed by atoms with Gasteiger partial charge in [-0.3, -0.25) is 9.59 Å². The van der Waals surface area contributed by atoms with Crippen molar-refractivity contribution in [1.29, 1.82) is 5.26 Å². The lowest BCUT2D eigenvalue weighted by molar-refractivity contribution is -0.143. The number of nitrogens with zero attached hydrogens (tertiary/aromatic N) is 3. The Kier molecular flexibility index (Phi) is 5.61. The molecule has 1 saturated heterocycles. The van der Waals surface area contributed by atoms with Crippen molar-refractivity contribution in [3.05, 3.63) is 42.0 Å². The van der Waals surface area contributed by atoms with E-state index in [9.17, 15) is 9.59 Å². The van der Waals surface area contributed by atoms with Crippen LogP contribution in [0.3, 0.4) is 0 Å². The zero-order chi connectivity index (χ0) is 19.2. The Balaban J connectivity index is 1.54. The van der Waals surface area contributed by atoms with Gasteiger partial charge in [0.25, 0.3) is 0 Å². The summed E-state index contributed by atoms with van der Waals surface area (Å²) in [5, 5.41) is 23.2. The number of nitriles is 1. The minimum absolute atomic E-state index is 0.0767. The summed E-state index contributed by atoms with van der Waals surface area (Å²) in [4.78, 5) is 23.2. The number of carbonyl (C=O) groups excluding carboxylic acids is 2. The quantitative estimate of drug-likeness (QED) is 0.745. The fourth-order valence-electron chi connectivity index (χ4n) is 2.95. The van der Waals surface area contributed by atoms with E-state index >= 15 is 0 Å². The number of amides is 1. The molecule has 1 aliphatic heterocycles. The van der Waals surface area contributed by atoms with Gasteiger partial charge in [-0.05, 0) is 30.7 Å². The normalized spacial score (nSPS) is 18.4. The van der Waals surface area contributed by atoms with Gasteiger partial charge in [-0.15, -0.1) is 10.2 Å². The fraction of sp³-hybridized carbons (Fsp3) is 0.316. The summed E-state index contributed by atoms with van der Waals surface area (Å²) in [6, 6.07) is 12.8. The lowest BCUT2D eigenvalue weighted by Crippen LogP contribution is -2.32. The van der Waals surface area contributed by atoms with Gasteiger partial charge in [0.2, 0.25) is 5.91 Å². The second kappa shape index (κ2) is 8.27. The zero-order valence-electron chi connectivity index (χ0n) is 14.8. The van der Waals surface area contributed by atoms with E-state index in [1.54, 1.807) is 12.1 Å². The predicted octanol–water partition coefficient (Wildman–Crippen LogP) is 1.49. The highest BCUT2D eigenvalue weighted by molar-refractivity contribution is 5.85. The molecule has 1 fully saturated rings. The van der Waals surface area contributed by atoms with Crippen LogP contribution in [0, 0.1) is 17.2 Å². The first-order valence-corrected chi connectivity index (χ1v) is 8.54. The van der Waals surface area contributed by atoms with Crippen molar-refractivity contribution >= 4 is 17.7 Å². The average molecular weight is 365 g/mol. The minimum atomic E-state index is -0.381. The molecule has 0 radical (unpaired) electrons. The van der Waals surface area contributed by atoms with Crippen molar-refractivity contribution in [3.8, 4) is 17.3 Å². The van der Waals surface area contributed by atoms with Crippen LogP contribution in [-0.4, -0.2) is 41.8 Å². The number of ether oxygens (including phenoxy) is 1. The highest BCUT2D eigenvalue weighted by Crippen LogP contribution is 2.21. The maximum Gasteiger partial charge on any atom is 0.306 e. The summed E-state index contributed by atoms with van der Waals surface area (Å²) in [7, 11) is 1.31. The van der Waals surface area contributed by atoms with Gasteiger partial charge in [0.1, 0.15) is 5.82 Å². The molecule has 0 saturated carbocycles. The molecule has 27 heavy (non-hydrogen) atoms. The number of benzene rings is 1. The van der Waals surface area contributed by atoms with Crippen LogP contribution < -0.4 is 10.6 Å². The van der Waals surface area contributed by atoms with E-state index in [1.165, 1.54) is 7.11 Å². The summed E-state index contributed by atoms with van der Waals surface area (Å²) in [5.74, 6) is -0.269. The highest BCUT2D eigenvalue weighted by atomic mass is 16.5. The molecular weight excluding hydrogens is 346 g/mol. The van der Waals surface area contributed by atoms with E-state index in [0.29, 0.717) is 30.0 Å². The molecule has 1 aliphatic rings. The first-order chi connectivity index (χ1) is 13.1. The summed E-state index contributed by atoms with van der Waals surface area (Å²) in [6.07, 6.45) is 0.662. The Morgan fingerprint density at radius 1 is 1.30 bits per heavy atom. The van der Waals surface area contributed by atoms with Gasteiger partial charge in [-0.25, -0.2) is 0 Å². The van der Waals surface area contributed by atoms with Gasteiger partial charge in [-0.2, -0.15) is 5.26 Å². The number of esters is 1. The van der Waals surface area contributed by atoms with Crippen LogP contribution in [0.4, 0.5) is 5.82 Å². The van der Waals surface area contributed by atoms with Gasteiger partial charge in [0.05, 0.1) is 36.8 Å². The number of carbonyl (C=O) groups is 2. The molecule has 0 bridgehead atoms. The Bertz CT molecular complexity index is 858. The summed E-state index contributed by atoms with van der Waals surface area (Å²) >= 11 is 0. The van der Waals surface area contributed by atoms with Crippen molar-refractivity contribution in [3.63, 3.8) is 0 Å². The van der Waals surface area contributed by atoms with E-state index < -0.39 is 0 Å². The van der Waals surface area contributed by atoms with Crippen LogP contribution in [0.25, 0.3) is 11.3 Å². The molecule has 1 aromatic heterocycles. The Labute approximate surface area is 156 Å². The Morgan fingerprint density at radius 3 is 2.70 bits per heavy atom. The molecule has 8 nitrogen and oxygen atoms in total. The van der Waals surface area contributed by atoms with Crippen LogP contribution in [0.15, 0.2) is 36.4 Å². The molecule has 0 spiro atoms. The molecule has 2 N–H and O–H groups in total. The van der Waals surface area contributed by atoms with Gasteiger partial charge >= 0.3 is 5.97 Å². The smallest absolute Gasteiger partial charge is 0.306 e. The molecule has 2 atom stereocenters. The summed E-state index contributed by atoms with van der Waals surface area (Å²) in [6.45, 7) is 0.494. The third-order valence-corrected chi connectivity index (χ3v) is 4.43. The van der Waals surface area contributed by atoms with Crippen LogP contribution >= 0.6 is 0 Å². The number of nitrogens with one attached hydrogen (secondary N) is 2. The molecular formula is C19H19N5O3. The van der Waals surface area contributed by atoms with E-state index in [-0.39, 0.29) is 30.3 Å². The van der Waals surface area contributed by atoms with Crippen molar-refractivity contribution in [2.24, 2.45) is 5.92 Å². The molecule has 2 aromatic rings.